The summed E-state index contributed by atoms with van der Waals surface area (Å²) in [5.41, 5.74) is 0.633. The van der Waals surface area contributed by atoms with Crippen molar-refractivity contribution in [1.82, 2.24) is 4.98 Å². The maximum absolute atomic E-state index is 12.1. The van der Waals surface area contributed by atoms with Gasteiger partial charge in [-0.15, -0.1) is 0 Å². The summed E-state index contributed by atoms with van der Waals surface area (Å²) < 4.78 is 10.4. The van der Waals surface area contributed by atoms with Gasteiger partial charge in [-0.25, -0.2) is 0 Å². The lowest BCUT2D eigenvalue weighted by atomic mass is 9.92. The summed E-state index contributed by atoms with van der Waals surface area (Å²) in [6, 6.07) is 1.72. The molecule has 0 spiro atoms. The third-order valence-corrected chi connectivity index (χ3v) is 3.12. The fourth-order valence-corrected chi connectivity index (χ4v) is 2.10. The maximum Gasteiger partial charge on any atom is 0.166 e. The number of Topliss-reactive ketones (excluding diaryl/α,β-unsaturated/α-hetero) is 1. The Bertz CT molecular complexity index is 386. The minimum absolute atomic E-state index is 0.135. The van der Waals surface area contributed by atoms with Gasteiger partial charge in [0.2, 0.25) is 0 Å². The van der Waals surface area contributed by atoms with Gasteiger partial charge in [0.1, 0.15) is 5.75 Å². The Morgan fingerprint density at radius 3 is 3.00 bits per heavy atom. The van der Waals surface area contributed by atoms with E-state index in [0.717, 1.165) is 26.1 Å². The third-order valence-electron chi connectivity index (χ3n) is 3.12. The molecule has 0 aliphatic carbocycles. The average Bonchev–Trinajstić information content (AvgIpc) is 2.40. The fourth-order valence-electron chi connectivity index (χ4n) is 2.10. The van der Waals surface area contributed by atoms with Crippen molar-refractivity contribution in [3.63, 3.8) is 0 Å². The van der Waals surface area contributed by atoms with E-state index in [2.05, 4.69) is 4.98 Å². The smallest absolute Gasteiger partial charge is 0.166 e. The molecule has 1 aromatic rings. The van der Waals surface area contributed by atoms with Gasteiger partial charge in [-0.3, -0.25) is 9.78 Å². The minimum Gasteiger partial charge on any atom is -0.494 e. The molecule has 17 heavy (non-hydrogen) atoms. The Labute approximate surface area is 101 Å². The molecular formula is C13H17NO3. The van der Waals surface area contributed by atoms with Gasteiger partial charge < -0.3 is 9.47 Å². The van der Waals surface area contributed by atoms with Gasteiger partial charge in [0.15, 0.2) is 5.78 Å². The first-order chi connectivity index (χ1) is 8.31. The van der Waals surface area contributed by atoms with E-state index in [1.54, 1.807) is 25.6 Å². The van der Waals surface area contributed by atoms with Gasteiger partial charge >= 0.3 is 0 Å². The Hall–Kier alpha value is -1.42. The summed E-state index contributed by atoms with van der Waals surface area (Å²) in [5, 5.41) is 0. The van der Waals surface area contributed by atoms with E-state index in [-0.39, 0.29) is 5.78 Å². The highest BCUT2D eigenvalue weighted by molar-refractivity contribution is 5.98. The number of ketones is 1. The normalized spacial score (nSPS) is 16.8. The Morgan fingerprint density at radius 2 is 2.29 bits per heavy atom. The topological polar surface area (TPSA) is 48.4 Å². The Morgan fingerprint density at radius 1 is 1.53 bits per heavy atom. The molecular weight excluding hydrogens is 218 g/mol. The molecule has 0 amide bonds. The average molecular weight is 235 g/mol. The Balaban J connectivity index is 2.03. The summed E-state index contributed by atoms with van der Waals surface area (Å²) in [6.07, 6.45) is 5.72. The lowest BCUT2D eigenvalue weighted by Gasteiger charge is -2.21. The summed E-state index contributed by atoms with van der Waals surface area (Å²) in [7, 11) is 1.56. The van der Waals surface area contributed by atoms with Crippen LogP contribution in [0.5, 0.6) is 5.75 Å². The van der Waals surface area contributed by atoms with E-state index in [1.165, 1.54) is 0 Å². The second-order valence-corrected chi connectivity index (χ2v) is 4.26. The molecule has 0 aromatic carbocycles. The minimum atomic E-state index is 0.135. The highest BCUT2D eigenvalue weighted by Gasteiger charge is 2.20. The SMILES string of the molecule is COc1cnccc1C(=O)CC1CCOCC1. The lowest BCUT2D eigenvalue weighted by Crippen LogP contribution is -2.19. The zero-order chi connectivity index (χ0) is 12.1. The molecule has 0 unspecified atom stereocenters. The number of carbonyl (C=O) groups is 1. The van der Waals surface area contributed by atoms with Crippen LogP contribution in [-0.2, 0) is 4.74 Å². The molecule has 0 saturated carbocycles. The second kappa shape index (κ2) is 5.77. The molecule has 2 rings (SSSR count). The van der Waals surface area contributed by atoms with E-state index in [4.69, 9.17) is 9.47 Å². The number of nitrogens with zero attached hydrogens (tertiary/aromatic N) is 1. The van der Waals surface area contributed by atoms with Gasteiger partial charge in [0, 0.05) is 25.8 Å². The summed E-state index contributed by atoms with van der Waals surface area (Å²) in [5.74, 6) is 1.13. The number of hydrogen-bond acceptors (Lipinski definition) is 4. The summed E-state index contributed by atoms with van der Waals surface area (Å²) in [6.45, 7) is 1.54. The maximum atomic E-state index is 12.1. The van der Waals surface area contributed by atoms with Crippen LogP contribution in [0, 0.1) is 5.92 Å². The number of carbonyl (C=O) groups excluding carboxylic acids is 1. The van der Waals surface area contributed by atoms with Crippen LogP contribution in [0.4, 0.5) is 0 Å². The molecule has 0 radical (unpaired) electrons. The highest BCUT2D eigenvalue weighted by atomic mass is 16.5. The van der Waals surface area contributed by atoms with E-state index in [1.807, 2.05) is 0 Å². The van der Waals surface area contributed by atoms with Crippen molar-refractivity contribution in [2.45, 2.75) is 19.3 Å². The number of ether oxygens (including phenoxy) is 2. The van der Waals surface area contributed by atoms with Crippen molar-refractivity contribution < 1.29 is 14.3 Å². The van der Waals surface area contributed by atoms with Crippen molar-refractivity contribution in [1.29, 1.82) is 0 Å². The number of rotatable bonds is 4. The molecule has 1 aliphatic rings. The molecule has 4 heteroatoms. The van der Waals surface area contributed by atoms with Crippen molar-refractivity contribution in [2.75, 3.05) is 20.3 Å². The van der Waals surface area contributed by atoms with Crippen molar-refractivity contribution in [3.05, 3.63) is 24.0 Å². The summed E-state index contributed by atoms with van der Waals surface area (Å²) in [4.78, 5) is 16.1. The molecule has 4 nitrogen and oxygen atoms in total. The van der Waals surface area contributed by atoms with Gasteiger partial charge in [0.25, 0.3) is 0 Å². The van der Waals surface area contributed by atoms with E-state index < -0.39 is 0 Å². The monoisotopic (exact) mass is 235 g/mol. The molecule has 0 bridgehead atoms. The van der Waals surface area contributed by atoms with Crippen LogP contribution >= 0.6 is 0 Å². The van der Waals surface area contributed by atoms with E-state index in [0.29, 0.717) is 23.7 Å². The van der Waals surface area contributed by atoms with Gasteiger partial charge in [0.05, 0.1) is 18.9 Å². The van der Waals surface area contributed by atoms with Crippen LogP contribution in [0.25, 0.3) is 0 Å². The van der Waals surface area contributed by atoms with Crippen LogP contribution in [0.15, 0.2) is 18.5 Å². The van der Waals surface area contributed by atoms with Crippen LogP contribution in [0.1, 0.15) is 29.6 Å². The largest absolute Gasteiger partial charge is 0.494 e. The predicted octanol–water partition coefficient (Wildman–Crippen LogP) is 2.09. The summed E-state index contributed by atoms with van der Waals surface area (Å²) >= 11 is 0. The molecule has 0 N–H and O–H groups in total. The quantitative estimate of drug-likeness (QED) is 0.750. The molecule has 2 heterocycles. The van der Waals surface area contributed by atoms with Crippen molar-refractivity contribution in [2.24, 2.45) is 5.92 Å². The number of hydrogen-bond donors (Lipinski definition) is 0. The van der Waals surface area contributed by atoms with Gasteiger partial charge in [-0.05, 0) is 24.8 Å². The second-order valence-electron chi connectivity index (χ2n) is 4.26. The van der Waals surface area contributed by atoms with Crippen molar-refractivity contribution in [3.8, 4) is 5.75 Å². The first-order valence-corrected chi connectivity index (χ1v) is 5.90. The molecule has 1 saturated heterocycles. The standard InChI is InChI=1S/C13H17NO3/c1-16-13-9-14-5-2-11(13)12(15)8-10-3-6-17-7-4-10/h2,5,9-10H,3-4,6-8H2,1H3. The van der Waals surface area contributed by atoms with Gasteiger partial charge in [-0.1, -0.05) is 0 Å². The zero-order valence-electron chi connectivity index (χ0n) is 10.0. The molecule has 92 valence electrons. The van der Waals surface area contributed by atoms with Crippen molar-refractivity contribution >= 4 is 5.78 Å². The molecule has 1 aliphatic heterocycles. The third kappa shape index (κ3) is 3.03. The lowest BCUT2D eigenvalue weighted by molar-refractivity contribution is 0.0600. The zero-order valence-corrected chi connectivity index (χ0v) is 10.0. The number of methoxy groups -OCH3 is 1. The van der Waals surface area contributed by atoms with Crippen LogP contribution in [0.2, 0.25) is 0 Å². The van der Waals surface area contributed by atoms with Crippen LogP contribution in [-0.4, -0.2) is 31.1 Å². The fraction of sp³-hybridized carbons (Fsp3) is 0.538. The number of aromatic nitrogens is 1. The van der Waals surface area contributed by atoms with E-state index in [9.17, 15) is 4.79 Å². The number of pyridine rings is 1. The van der Waals surface area contributed by atoms with E-state index >= 15 is 0 Å². The molecule has 1 aromatic heterocycles. The Kier molecular flexibility index (Phi) is 4.09. The molecule has 1 fully saturated rings. The van der Waals surface area contributed by atoms with Crippen LogP contribution < -0.4 is 4.74 Å². The highest BCUT2D eigenvalue weighted by Crippen LogP contribution is 2.24. The predicted molar refractivity (Wildman–Crippen MR) is 63.3 cm³/mol. The molecule has 0 atom stereocenters. The first-order valence-electron chi connectivity index (χ1n) is 5.90. The first kappa shape index (κ1) is 12.0. The van der Waals surface area contributed by atoms with Crippen LogP contribution in [0.3, 0.4) is 0 Å². The van der Waals surface area contributed by atoms with Gasteiger partial charge in [-0.2, -0.15) is 0 Å².